The molecule has 0 aromatic heterocycles. The van der Waals surface area contributed by atoms with Crippen LogP contribution in [0.5, 0.6) is 0 Å². The van der Waals surface area contributed by atoms with E-state index in [1.165, 1.54) is 24.3 Å². The highest BCUT2D eigenvalue weighted by molar-refractivity contribution is 7.89. The molecule has 2 N–H and O–H groups in total. The summed E-state index contributed by atoms with van der Waals surface area (Å²) in [6.07, 6.45) is -4.42. The molecule has 148 valence electrons. The quantitative estimate of drug-likeness (QED) is 0.769. The zero-order chi connectivity index (χ0) is 20.3. The zero-order valence-electron chi connectivity index (χ0n) is 15.4. The van der Waals surface area contributed by atoms with Crippen LogP contribution in [0.2, 0.25) is 0 Å². The van der Waals surface area contributed by atoms with Gasteiger partial charge in [0.2, 0.25) is 10.0 Å². The predicted octanol–water partition coefficient (Wildman–Crippen LogP) is 4.07. The van der Waals surface area contributed by atoms with Crippen LogP contribution in [0.4, 0.5) is 13.2 Å². The van der Waals surface area contributed by atoms with Crippen molar-refractivity contribution in [3.63, 3.8) is 0 Å². The molecule has 2 aromatic rings. The summed E-state index contributed by atoms with van der Waals surface area (Å²) in [7, 11) is -3.75. The van der Waals surface area contributed by atoms with Crippen molar-refractivity contribution in [3.8, 4) is 0 Å². The average molecular weight is 400 g/mol. The molecule has 0 aliphatic heterocycles. The van der Waals surface area contributed by atoms with E-state index in [1.54, 1.807) is 12.1 Å². The van der Waals surface area contributed by atoms with Gasteiger partial charge >= 0.3 is 6.18 Å². The van der Waals surface area contributed by atoms with Gasteiger partial charge in [0, 0.05) is 18.6 Å². The lowest BCUT2D eigenvalue weighted by Gasteiger charge is -2.20. The van der Waals surface area contributed by atoms with Crippen molar-refractivity contribution < 1.29 is 21.6 Å². The minimum Gasteiger partial charge on any atom is -0.308 e. The molecule has 0 spiro atoms. The van der Waals surface area contributed by atoms with Crippen molar-refractivity contribution >= 4 is 10.0 Å². The molecule has 2 aromatic carbocycles. The first kappa shape index (κ1) is 21.4. The van der Waals surface area contributed by atoms with E-state index in [2.05, 4.69) is 10.0 Å². The van der Waals surface area contributed by atoms with Crippen LogP contribution >= 0.6 is 0 Å². The molecule has 0 fully saturated rings. The largest absolute Gasteiger partial charge is 0.416 e. The van der Waals surface area contributed by atoms with Crippen LogP contribution in [0, 0.1) is 0 Å². The summed E-state index contributed by atoms with van der Waals surface area (Å²) in [5.74, 6) is 0. The summed E-state index contributed by atoms with van der Waals surface area (Å²) in [6, 6.07) is 10.8. The summed E-state index contributed by atoms with van der Waals surface area (Å²) in [4.78, 5) is 0.105. The SMILES string of the molecule is CC(C)(C)NCc1ccc(S(=O)(=O)NCc2ccc(C(F)(F)F)cc2)cc1. The van der Waals surface area contributed by atoms with E-state index in [-0.39, 0.29) is 17.0 Å². The molecule has 0 amide bonds. The number of nitrogens with one attached hydrogen (secondary N) is 2. The van der Waals surface area contributed by atoms with Gasteiger partial charge in [-0.05, 0) is 56.2 Å². The fourth-order valence-electron chi connectivity index (χ4n) is 2.23. The van der Waals surface area contributed by atoms with E-state index in [1.807, 2.05) is 20.8 Å². The van der Waals surface area contributed by atoms with Gasteiger partial charge in [0.15, 0.2) is 0 Å². The van der Waals surface area contributed by atoms with Gasteiger partial charge in [0.1, 0.15) is 0 Å². The number of benzene rings is 2. The molecule has 0 atom stereocenters. The summed E-state index contributed by atoms with van der Waals surface area (Å²) >= 11 is 0. The maximum Gasteiger partial charge on any atom is 0.416 e. The Labute approximate surface area is 157 Å². The van der Waals surface area contributed by atoms with Crippen molar-refractivity contribution in [2.45, 2.75) is 50.5 Å². The van der Waals surface area contributed by atoms with Gasteiger partial charge in [-0.15, -0.1) is 0 Å². The van der Waals surface area contributed by atoms with Crippen LogP contribution in [0.25, 0.3) is 0 Å². The van der Waals surface area contributed by atoms with Gasteiger partial charge < -0.3 is 5.32 Å². The molecule has 0 saturated carbocycles. The molecule has 2 rings (SSSR count). The summed E-state index contributed by atoms with van der Waals surface area (Å²) in [5, 5.41) is 3.31. The van der Waals surface area contributed by atoms with Crippen molar-refractivity contribution in [2.24, 2.45) is 0 Å². The minimum absolute atomic E-state index is 0.0477. The number of hydrogen-bond donors (Lipinski definition) is 2. The second kappa shape index (κ2) is 8.00. The highest BCUT2D eigenvalue weighted by Crippen LogP contribution is 2.29. The average Bonchev–Trinajstić information content (AvgIpc) is 2.58. The molecular weight excluding hydrogens is 377 g/mol. The monoisotopic (exact) mass is 400 g/mol. The third-order valence-electron chi connectivity index (χ3n) is 3.80. The van der Waals surface area contributed by atoms with Crippen molar-refractivity contribution in [1.82, 2.24) is 10.0 Å². The number of alkyl halides is 3. The van der Waals surface area contributed by atoms with E-state index in [0.29, 0.717) is 12.1 Å². The Kier molecular flexibility index (Phi) is 6.34. The van der Waals surface area contributed by atoms with Gasteiger partial charge in [-0.1, -0.05) is 24.3 Å². The molecule has 0 heterocycles. The molecule has 0 unspecified atom stereocenters. The summed E-state index contributed by atoms with van der Waals surface area (Å²) in [6.45, 7) is 6.64. The van der Waals surface area contributed by atoms with E-state index in [0.717, 1.165) is 17.7 Å². The van der Waals surface area contributed by atoms with Crippen LogP contribution in [-0.4, -0.2) is 14.0 Å². The Hall–Kier alpha value is -1.90. The predicted molar refractivity (Wildman–Crippen MR) is 98.5 cm³/mol. The molecular formula is C19H23F3N2O2S. The fraction of sp³-hybridized carbons (Fsp3) is 0.368. The van der Waals surface area contributed by atoms with E-state index < -0.39 is 21.8 Å². The number of sulfonamides is 1. The van der Waals surface area contributed by atoms with Crippen molar-refractivity contribution in [2.75, 3.05) is 0 Å². The van der Waals surface area contributed by atoms with Crippen LogP contribution in [0.3, 0.4) is 0 Å². The summed E-state index contributed by atoms with van der Waals surface area (Å²) < 4.78 is 64.8. The molecule has 0 saturated heterocycles. The first-order valence-electron chi connectivity index (χ1n) is 8.37. The van der Waals surface area contributed by atoms with Gasteiger partial charge in [0.25, 0.3) is 0 Å². The van der Waals surface area contributed by atoms with Gasteiger partial charge in [0.05, 0.1) is 10.5 Å². The third kappa shape index (κ3) is 6.64. The number of rotatable bonds is 6. The van der Waals surface area contributed by atoms with Crippen molar-refractivity contribution in [3.05, 3.63) is 65.2 Å². The van der Waals surface area contributed by atoms with Gasteiger partial charge in [-0.2, -0.15) is 13.2 Å². The Morgan fingerprint density at radius 3 is 1.78 bits per heavy atom. The van der Waals surface area contributed by atoms with E-state index >= 15 is 0 Å². The summed E-state index contributed by atoms with van der Waals surface area (Å²) in [5.41, 5.74) is 0.575. The normalized spacial score (nSPS) is 13.0. The second-order valence-electron chi connectivity index (χ2n) is 7.27. The molecule has 27 heavy (non-hydrogen) atoms. The lowest BCUT2D eigenvalue weighted by molar-refractivity contribution is -0.137. The van der Waals surface area contributed by atoms with Crippen LogP contribution in [0.15, 0.2) is 53.4 Å². The molecule has 0 aliphatic rings. The Morgan fingerprint density at radius 1 is 0.815 bits per heavy atom. The van der Waals surface area contributed by atoms with Crippen LogP contribution in [-0.2, 0) is 29.3 Å². The Balaban J connectivity index is 2.00. The molecule has 0 aliphatic carbocycles. The van der Waals surface area contributed by atoms with Crippen molar-refractivity contribution in [1.29, 1.82) is 0 Å². The topological polar surface area (TPSA) is 58.2 Å². The molecule has 0 bridgehead atoms. The van der Waals surface area contributed by atoms with Gasteiger partial charge in [-0.25, -0.2) is 13.1 Å². The minimum atomic E-state index is -4.42. The lowest BCUT2D eigenvalue weighted by atomic mass is 10.1. The van der Waals surface area contributed by atoms with Gasteiger partial charge in [-0.3, -0.25) is 0 Å². The molecule has 8 heteroatoms. The standard InChI is InChI=1S/C19H23F3N2O2S/c1-18(2,3)23-12-14-6-10-17(11-7-14)27(25,26)24-13-15-4-8-16(9-5-15)19(20,21)22/h4-11,23-24H,12-13H2,1-3H3. The fourth-order valence-corrected chi connectivity index (χ4v) is 3.24. The Morgan fingerprint density at radius 2 is 1.30 bits per heavy atom. The lowest BCUT2D eigenvalue weighted by Crippen LogP contribution is -2.35. The zero-order valence-corrected chi connectivity index (χ0v) is 16.2. The first-order chi connectivity index (χ1) is 12.4. The molecule has 4 nitrogen and oxygen atoms in total. The first-order valence-corrected chi connectivity index (χ1v) is 9.85. The van der Waals surface area contributed by atoms with E-state index in [4.69, 9.17) is 0 Å². The number of hydrogen-bond acceptors (Lipinski definition) is 3. The maximum atomic E-state index is 12.6. The highest BCUT2D eigenvalue weighted by Gasteiger charge is 2.29. The molecule has 0 radical (unpaired) electrons. The Bertz CT molecular complexity index is 854. The highest BCUT2D eigenvalue weighted by atomic mass is 32.2. The smallest absolute Gasteiger partial charge is 0.308 e. The van der Waals surface area contributed by atoms with Crippen LogP contribution < -0.4 is 10.0 Å². The number of halogens is 3. The second-order valence-corrected chi connectivity index (χ2v) is 9.03. The third-order valence-corrected chi connectivity index (χ3v) is 5.22. The maximum absolute atomic E-state index is 12.6. The van der Waals surface area contributed by atoms with E-state index in [9.17, 15) is 21.6 Å². The van der Waals surface area contributed by atoms with Crippen LogP contribution in [0.1, 0.15) is 37.5 Å².